The molecular formula is C12H23NOSi. The monoisotopic (exact) mass is 225 g/mol. The van der Waals surface area contributed by atoms with E-state index in [1.165, 1.54) is 6.42 Å². The van der Waals surface area contributed by atoms with E-state index in [4.69, 9.17) is 4.43 Å². The molecule has 15 heavy (non-hydrogen) atoms. The molecule has 0 aromatic rings. The molecule has 0 radical (unpaired) electrons. The summed E-state index contributed by atoms with van der Waals surface area (Å²) in [4.78, 5) is 2.41. The molecule has 1 atom stereocenters. The normalized spacial score (nSPS) is 17.9. The van der Waals surface area contributed by atoms with Gasteiger partial charge in [-0.1, -0.05) is 50.7 Å². The van der Waals surface area contributed by atoms with Gasteiger partial charge in [-0.25, -0.2) is 0 Å². The van der Waals surface area contributed by atoms with Crippen molar-refractivity contribution in [3.8, 4) is 0 Å². The smallest absolute Gasteiger partial charge is 0.227 e. The summed E-state index contributed by atoms with van der Waals surface area (Å²) in [7, 11) is -1.16. The van der Waals surface area contributed by atoms with Gasteiger partial charge in [-0.3, -0.25) is 4.90 Å². The predicted octanol–water partition coefficient (Wildman–Crippen LogP) is 2.40. The highest BCUT2D eigenvalue weighted by molar-refractivity contribution is 6.64. The molecule has 1 rings (SSSR count). The minimum Gasteiger partial charge on any atom is -0.397 e. The largest absolute Gasteiger partial charge is 0.397 e. The Balaban J connectivity index is 2.48. The molecule has 1 aliphatic heterocycles. The van der Waals surface area contributed by atoms with E-state index < -0.39 is 9.04 Å². The average Bonchev–Trinajstić information content (AvgIpc) is 2.72. The van der Waals surface area contributed by atoms with Crippen molar-refractivity contribution in [3.05, 3.63) is 23.6 Å². The lowest BCUT2D eigenvalue weighted by atomic mass is 10.3. The van der Waals surface area contributed by atoms with E-state index in [2.05, 4.69) is 49.2 Å². The van der Waals surface area contributed by atoms with Crippen LogP contribution in [-0.2, 0) is 4.43 Å². The van der Waals surface area contributed by atoms with Crippen LogP contribution in [0.2, 0.25) is 0 Å². The van der Waals surface area contributed by atoms with Gasteiger partial charge in [0.15, 0.2) is 0 Å². The van der Waals surface area contributed by atoms with Crippen LogP contribution < -0.4 is 0 Å². The van der Waals surface area contributed by atoms with E-state index in [0.717, 1.165) is 19.5 Å². The van der Waals surface area contributed by atoms with Crippen LogP contribution in [0.25, 0.3) is 0 Å². The third-order valence-corrected chi connectivity index (χ3v) is 4.61. The topological polar surface area (TPSA) is 12.5 Å². The fourth-order valence-corrected chi connectivity index (χ4v) is 3.57. The van der Waals surface area contributed by atoms with Crippen LogP contribution in [-0.4, -0.2) is 33.3 Å². The lowest BCUT2D eigenvalue weighted by Crippen LogP contribution is -2.39. The molecule has 0 N–H and O–H groups in total. The van der Waals surface area contributed by atoms with Crippen molar-refractivity contribution in [2.45, 2.75) is 39.8 Å². The molecule has 1 heterocycles. The van der Waals surface area contributed by atoms with Gasteiger partial charge in [0.25, 0.3) is 0 Å². The van der Waals surface area contributed by atoms with Crippen molar-refractivity contribution in [1.29, 1.82) is 0 Å². The van der Waals surface area contributed by atoms with E-state index in [-0.39, 0.29) is 0 Å². The summed E-state index contributed by atoms with van der Waals surface area (Å²) in [5, 5.41) is 0. The van der Waals surface area contributed by atoms with Gasteiger partial charge in [-0.2, -0.15) is 0 Å². The number of hydrogen-bond donors (Lipinski definition) is 0. The average molecular weight is 225 g/mol. The van der Waals surface area contributed by atoms with Gasteiger partial charge >= 0.3 is 0 Å². The Bertz CT molecular complexity index is 212. The lowest BCUT2D eigenvalue weighted by molar-refractivity contribution is 0.0263. The molecule has 0 saturated heterocycles. The summed E-state index contributed by atoms with van der Waals surface area (Å²) in [5.41, 5.74) is 4.48. The minimum absolute atomic E-state index is 0.328. The van der Waals surface area contributed by atoms with E-state index in [1.807, 2.05) is 0 Å². The van der Waals surface area contributed by atoms with Gasteiger partial charge in [0.2, 0.25) is 9.04 Å². The summed E-state index contributed by atoms with van der Waals surface area (Å²) in [6.07, 6.45) is 6.89. The molecule has 2 nitrogen and oxygen atoms in total. The lowest BCUT2D eigenvalue weighted by Gasteiger charge is -2.31. The third-order valence-electron chi connectivity index (χ3n) is 2.78. The molecule has 1 unspecified atom stereocenters. The number of nitrogens with zero attached hydrogens (tertiary/aromatic N) is 1. The van der Waals surface area contributed by atoms with Gasteiger partial charge in [0, 0.05) is 0 Å². The van der Waals surface area contributed by atoms with E-state index >= 15 is 0 Å². The van der Waals surface area contributed by atoms with Crippen LogP contribution >= 0.6 is 0 Å². The van der Waals surface area contributed by atoms with Crippen LogP contribution in [0.3, 0.4) is 0 Å². The second-order valence-corrected chi connectivity index (χ2v) is 5.81. The summed E-state index contributed by atoms with van der Waals surface area (Å²) < 4.78 is 6.19. The number of hydrogen-bond acceptors (Lipinski definition) is 2. The Kier molecular flexibility index (Phi) is 5.91. The Morgan fingerprint density at radius 2 is 1.73 bits per heavy atom. The molecule has 0 bridgehead atoms. The maximum Gasteiger partial charge on any atom is 0.227 e. The van der Waals surface area contributed by atoms with Crippen LogP contribution in [0.4, 0.5) is 0 Å². The van der Waals surface area contributed by atoms with Gasteiger partial charge in [0.05, 0.1) is 6.23 Å². The molecule has 0 aromatic heterocycles. The Morgan fingerprint density at radius 1 is 1.13 bits per heavy atom. The van der Waals surface area contributed by atoms with Crippen molar-refractivity contribution < 1.29 is 4.43 Å². The molecule has 0 aliphatic carbocycles. The van der Waals surface area contributed by atoms with Crippen molar-refractivity contribution >= 4 is 9.04 Å². The van der Waals surface area contributed by atoms with Crippen molar-refractivity contribution in [3.63, 3.8) is 0 Å². The SMILES string of the molecule is CCCC(O[SiH]1C=CC=C1)N(CC)CC. The zero-order valence-corrected chi connectivity index (χ0v) is 11.3. The van der Waals surface area contributed by atoms with Gasteiger partial charge in [0.1, 0.15) is 0 Å². The Labute approximate surface area is 95.3 Å². The first-order valence-corrected chi connectivity index (χ1v) is 7.86. The summed E-state index contributed by atoms with van der Waals surface area (Å²) in [5.74, 6) is 0. The fourth-order valence-electron chi connectivity index (χ4n) is 1.90. The molecule has 3 heteroatoms. The first kappa shape index (κ1) is 12.7. The number of allylic oxidation sites excluding steroid dienone is 2. The second-order valence-electron chi connectivity index (χ2n) is 3.84. The van der Waals surface area contributed by atoms with Crippen molar-refractivity contribution in [1.82, 2.24) is 4.90 Å². The van der Waals surface area contributed by atoms with E-state index in [9.17, 15) is 0 Å². The molecule has 0 saturated carbocycles. The zero-order chi connectivity index (χ0) is 11.1. The molecule has 0 spiro atoms. The second kappa shape index (κ2) is 6.98. The first-order valence-electron chi connectivity index (χ1n) is 6.06. The summed E-state index contributed by atoms with van der Waals surface area (Å²) in [6.45, 7) is 8.79. The Morgan fingerprint density at radius 3 is 2.20 bits per heavy atom. The highest BCUT2D eigenvalue weighted by Gasteiger charge is 2.19. The molecule has 0 amide bonds. The van der Waals surface area contributed by atoms with Crippen molar-refractivity contribution in [2.75, 3.05) is 13.1 Å². The Hall–Kier alpha value is -0.383. The summed E-state index contributed by atoms with van der Waals surface area (Å²) in [6, 6.07) is 0. The maximum atomic E-state index is 6.19. The van der Waals surface area contributed by atoms with Crippen LogP contribution in [0.1, 0.15) is 33.6 Å². The first-order chi connectivity index (χ1) is 7.31. The molecule has 0 aromatic carbocycles. The molecule has 0 fully saturated rings. The van der Waals surface area contributed by atoms with E-state index in [0.29, 0.717) is 6.23 Å². The quantitative estimate of drug-likeness (QED) is 0.487. The maximum absolute atomic E-state index is 6.19. The van der Waals surface area contributed by atoms with Crippen LogP contribution in [0.15, 0.2) is 23.6 Å². The van der Waals surface area contributed by atoms with Gasteiger partial charge in [-0.15, -0.1) is 0 Å². The highest BCUT2D eigenvalue weighted by Crippen LogP contribution is 2.12. The zero-order valence-electron chi connectivity index (χ0n) is 10.1. The minimum atomic E-state index is -1.16. The number of rotatable bonds is 7. The standard InChI is InChI=1S/C12H23NOSi/c1-4-9-12(13(5-2)6-3)14-15-10-7-8-11-15/h7-8,10-12,15H,4-6,9H2,1-3H3. The molecule has 86 valence electrons. The van der Waals surface area contributed by atoms with E-state index in [1.54, 1.807) is 0 Å². The van der Waals surface area contributed by atoms with Crippen LogP contribution in [0, 0.1) is 0 Å². The molecule has 1 aliphatic rings. The highest BCUT2D eigenvalue weighted by atomic mass is 28.3. The van der Waals surface area contributed by atoms with Crippen molar-refractivity contribution in [2.24, 2.45) is 0 Å². The fraction of sp³-hybridized carbons (Fsp3) is 0.667. The molecular weight excluding hydrogens is 202 g/mol. The summed E-state index contributed by atoms with van der Waals surface area (Å²) >= 11 is 0. The van der Waals surface area contributed by atoms with Gasteiger partial charge < -0.3 is 4.43 Å². The van der Waals surface area contributed by atoms with Gasteiger partial charge in [-0.05, 0) is 19.5 Å². The third kappa shape index (κ3) is 3.93. The predicted molar refractivity (Wildman–Crippen MR) is 68.1 cm³/mol. The van der Waals surface area contributed by atoms with Crippen LogP contribution in [0.5, 0.6) is 0 Å².